The molecule has 0 radical (unpaired) electrons. The van der Waals surface area contributed by atoms with Gasteiger partial charge >= 0.3 is 5.97 Å². The molecule has 0 heterocycles. The second-order valence-corrected chi connectivity index (χ2v) is 20.7. The molecule has 0 saturated carbocycles. The van der Waals surface area contributed by atoms with Gasteiger partial charge in [0.05, 0.1) is 25.4 Å². The van der Waals surface area contributed by atoms with E-state index in [0.717, 1.165) is 51.4 Å². The first kappa shape index (κ1) is 65.3. The normalized spacial score (nSPS) is 12.7. The first-order valence-corrected chi connectivity index (χ1v) is 30.1. The molecule has 396 valence electrons. The number of rotatable bonds is 56. The van der Waals surface area contributed by atoms with Crippen molar-refractivity contribution in [3.8, 4) is 0 Å². The van der Waals surface area contributed by atoms with Crippen LogP contribution < -0.4 is 5.32 Å². The van der Waals surface area contributed by atoms with Crippen molar-refractivity contribution in [2.75, 3.05) is 13.2 Å². The second-order valence-electron chi connectivity index (χ2n) is 20.7. The van der Waals surface area contributed by atoms with E-state index < -0.39 is 12.1 Å². The summed E-state index contributed by atoms with van der Waals surface area (Å²) in [6.07, 6.45) is 68.9. The third-order valence-electron chi connectivity index (χ3n) is 14.0. The molecule has 2 unspecified atom stereocenters. The van der Waals surface area contributed by atoms with Gasteiger partial charge in [0.1, 0.15) is 0 Å². The molecule has 6 nitrogen and oxygen atoms in total. The van der Waals surface area contributed by atoms with Crippen LogP contribution in [-0.2, 0) is 14.3 Å². The molecule has 3 N–H and O–H groups in total. The van der Waals surface area contributed by atoms with Gasteiger partial charge in [-0.2, -0.15) is 0 Å². The highest BCUT2D eigenvalue weighted by Gasteiger charge is 2.20. The number of carbonyl (C=O) groups is 2. The number of hydrogen-bond acceptors (Lipinski definition) is 5. The van der Waals surface area contributed by atoms with Gasteiger partial charge in [-0.25, -0.2) is 0 Å². The minimum absolute atomic E-state index is 0.00450. The van der Waals surface area contributed by atoms with E-state index in [4.69, 9.17) is 4.74 Å². The fraction of sp³-hybridized carbons (Fsp3) is 0.902. The van der Waals surface area contributed by atoms with Crippen LogP contribution in [0.5, 0.6) is 0 Å². The highest BCUT2D eigenvalue weighted by Crippen LogP contribution is 2.18. The molecule has 0 aromatic carbocycles. The van der Waals surface area contributed by atoms with E-state index in [9.17, 15) is 19.8 Å². The molecule has 0 bridgehead atoms. The number of hydrogen-bond donors (Lipinski definition) is 3. The fourth-order valence-corrected chi connectivity index (χ4v) is 9.38. The summed E-state index contributed by atoms with van der Waals surface area (Å²) in [6.45, 7) is 4.93. The van der Waals surface area contributed by atoms with Crippen LogP contribution in [0.15, 0.2) is 24.3 Å². The number of carbonyl (C=O) groups excluding carboxylic acids is 2. The average molecular weight is 945 g/mol. The summed E-state index contributed by atoms with van der Waals surface area (Å²) in [6, 6.07) is -0.541. The van der Waals surface area contributed by atoms with E-state index in [2.05, 4.69) is 43.5 Å². The van der Waals surface area contributed by atoms with Crippen LogP contribution in [0.3, 0.4) is 0 Å². The Morgan fingerprint density at radius 3 is 1.16 bits per heavy atom. The third-order valence-corrected chi connectivity index (χ3v) is 14.0. The Labute approximate surface area is 418 Å². The number of unbranched alkanes of at least 4 members (excludes halogenated alkanes) is 41. The van der Waals surface area contributed by atoms with Crippen LogP contribution in [0.2, 0.25) is 0 Å². The largest absolute Gasteiger partial charge is 0.466 e. The molecule has 0 aromatic heterocycles. The SMILES string of the molecule is CCCCC/C=C\C/C=C\CCCCCCCCCC(=O)OCCCCCCCCCCCCCCCCCCCCCCCC(=O)NC(CO)C(O)CCCCCCCCCCCCCC. The van der Waals surface area contributed by atoms with E-state index in [1.807, 2.05) is 0 Å². The number of nitrogens with one attached hydrogen (secondary N) is 1. The Bertz CT molecular complexity index is 1040. The van der Waals surface area contributed by atoms with Crippen LogP contribution in [0.4, 0.5) is 0 Å². The lowest BCUT2D eigenvalue weighted by Crippen LogP contribution is -2.45. The molecule has 67 heavy (non-hydrogen) atoms. The molecule has 0 aromatic rings. The lowest BCUT2D eigenvalue weighted by Gasteiger charge is -2.22. The van der Waals surface area contributed by atoms with Crippen molar-refractivity contribution in [1.82, 2.24) is 5.32 Å². The summed E-state index contributed by atoms with van der Waals surface area (Å²) < 4.78 is 5.49. The van der Waals surface area contributed by atoms with Crippen LogP contribution in [0.1, 0.15) is 328 Å². The van der Waals surface area contributed by atoms with Crippen molar-refractivity contribution in [1.29, 1.82) is 0 Å². The van der Waals surface area contributed by atoms with Gasteiger partial charge in [-0.15, -0.1) is 0 Å². The number of aliphatic hydroxyl groups excluding tert-OH is 2. The molecular formula is C61H117NO5. The van der Waals surface area contributed by atoms with Crippen molar-refractivity contribution >= 4 is 11.9 Å². The lowest BCUT2D eigenvalue weighted by atomic mass is 10.0. The van der Waals surface area contributed by atoms with E-state index in [0.29, 0.717) is 25.9 Å². The second kappa shape index (κ2) is 56.9. The maximum Gasteiger partial charge on any atom is 0.305 e. The first-order chi connectivity index (χ1) is 33.0. The summed E-state index contributed by atoms with van der Waals surface area (Å²) in [4.78, 5) is 24.5. The van der Waals surface area contributed by atoms with Gasteiger partial charge in [0.2, 0.25) is 5.91 Å². The summed E-state index contributed by atoms with van der Waals surface area (Å²) in [5.41, 5.74) is 0. The van der Waals surface area contributed by atoms with Crippen LogP contribution in [-0.4, -0.2) is 47.4 Å². The zero-order chi connectivity index (χ0) is 48.6. The van der Waals surface area contributed by atoms with Crippen molar-refractivity contribution < 1.29 is 24.5 Å². The van der Waals surface area contributed by atoms with E-state index in [1.54, 1.807) is 0 Å². The molecule has 2 atom stereocenters. The zero-order valence-electron chi connectivity index (χ0n) is 45.1. The quantitative estimate of drug-likeness (QED) is 0.0321. The molecule has 0 saturated heterocycles. The highest BCUT2D eigenvalue weighted by molar-refractivity contribution is 5.76. The summed E-state index contributed by atoms with van der Waals surface area (Å²) in [5, 5.41) is 23.2. The summed E-state index contributed by atoms with van der Waals surface area (Å²) >= 11 is 0. The molecule has 0 fully saturated rings. The molecular weight excluding hydrogens is 827 g/mol. The minimum atomic E-state index is -0.664. The minimum Gasteiger partial charge on any atom is -0.466 e. The topological polar surface area (TPSA) is 95.9 Å². The van der Waals surface area contributed by atoms with Crippen molar-refractivity contribution in [3.05, 3.63) is 24.3 Å². The Morgan fingerprint density at radius 2 is 0.746 bits per heavy atom. The zero-order valence-corrected chi connectivity index (χ0v) is 45.1. The Balaban J connectivity index is 3.36. The fourth-order valence-electron chi connectivity index (χ4n) is 9.38. The maximum atomic E-state index is 12.5. The number of esters is 1. The standard InChI is InChI=1S/C61H117NO5/c1-3-5-7-9-11-13-15-17-18-24-28-31-35-39-43-47-51-55-61(66)67-56-52-48-44-40-36-32-29-26-23-21-19-20-22-25-27-30-34-38-42-46-50-54-60(65)62-58(57-63)59(64)53-49-45-41-37-33-16-14-12-10-8-6-4-2/h11,13,17-18,58-59,63-64H,3-10,12,14-16,19-57H2,1-2H3,(H,62,65)/b13-11-,18-17-. The van der Waals surface area contributed by atoms with E-state index >= 15 is 0 Å². The highest BCUT2D eigenvalue weighted by atomic mass is 16.5. The van der Waals surface area contributed by atoms with E-state index in [1.165, 1.54) is 244 Å². The predicted octanol–water partition coefficient (Wildman–Crippen LogP) is 18.6. The monoisotopic (exact) mass is 944 g/mol. The number of amides is 1. The molecule has 0 spiro atoms. The van der Waals surface area contributed by atoms with Gasteiger partial charge < -0.3 is 20.3 Å². The van der Waals surface area contributed by atoms with Crippen LogP contribution >= 0.6 is 0 Å². The molecule has 1 amide bonds. The summed E-state index contributed by atoms with van der Waals surface area (Å²) in [7, 11) is 0. The Morgan fingerprint density at radius 1 is 0.418 bits per heavy atom. The molecule has 0 aliphatic rings. The van der Waals surface area contributed by atoms with Crippen molar-refractivity contribution in [3.63, 3.8) is 0 Å². The van der Waals surface area contributed by atoms with Gasteiger partial charge in [0.15, 0.2) is 0 Å². The third kappa shape index (κ3) is 53.5. The van der Waals surface area contributed by atoms with Crippen molar-refractivity contribution in [2.24, 2.45) is 0 Å². The lowest BCUT2D eigenvalue weighted by molar-refractivity contribution is -0.143. The molecule has 0 aliphatic heterocycles. The van der Waals surface area contributed by atoms with Gasteiger partial charge in [0.25, 0.3) is 0 Å². The van der Waals surface area contributed by atoms with Crippen LogP contribution in [0, 0.1) is 0 Å². The van der Waals surface area contributed by atoms with Gasteiger partial charge in [-0.05, 0) is 57.8 Å². The number of allylic oxidation sites excluding steroid dienone is 4. The van der Waals surface area contributed by atoms with E-state index in [-0.39, 0.29) is 18.5 Å². The molecule has 0 aliphatic carbocycles. The predicted molar refractivity (Wildman–Crippen MR) is 292 cm³/mol. The van der Waals surface area contributed by atoms with Crippen molar-refractivity contribution in [2.45, 2.75) is 341 Å². The van der Waals surface area contributed by atoms with Gasteiger partial charge in [0, 0.05) is 12.8 Å². The molecule has 0 rings (SSSR count). The first-order valence-electron chi connectivity index (χ1n) is 30.1. The Hall–Kier alpha value is -1.66. The summed E-state index contributed by atoms with van der Waals surface area (Å²) in [5.74, 6) is -0.0311. The van der Waals surface area contributed by atoms with Crippen LogP contribution in [0.25, 0.3) is 0 Å². The Kier molecular flexibility index (Phi) is 55.5. The van der Waals surface area contributed by atoms with Gasteiger partial charge in [-0.3, -0.25) is 9.59 Å². The number of ether oxygens (including phenoxy) is 1. The van der Waals surface area contributed by atoms with Gasteiger partial charge in [-0.1, -0.05) is 282 Å². The molecule has 6 heteroatoms. The smallest absolute Gasteiger partial charge is 0.305 e. The average Bonchev–Trinajstić information content (AvgIpc) is 3.33. The number of aliphatic hydroxyl groups is 2. The maximum absolute atomic E-state index is 12.5.